The normalized spacial score (nSPS) is 1.20. The van der Waals surface area contributed by atoms with E-state index in [1.54, 1.807) is 0 Å². The molecule has 0 aromatic heterocycles. The molecule has 5 heteroatoms. The fraction of sp³-hybridized carbons (Fsp3) is 0. The summed E-state index contributed by atoms with van der Waals surface area (Å²) in [5, 5.41) is 0. The summed E-state index contributed by atoms with van der Waals surface area (Å²) in [4.78, 5) is 0. The summed E-state index contributed by atoms with van der Waals surface area (Å²) in [6, 6.07) is 0. The van der Waals surface area contributed by atoms with Crippen LogP contribution in [0.5, 0.6) is 0 Å². The second-order valence-corrected chi connectivity index (χ2v) is 0. The van der Waals surface area contributed by atoms with Crippen LogP contribution in [0.15, 0.2) is 0 Å². The molecule has 0 rings (SSSR count). The van der Waals surface area contributed by atoms with Gasteiger partial charge in [-0.25, -0.2) is 0 Å². The Balaban J connectivity index is -0.0000000133. The maximum atomic E-state index is 8.25. The van der Waals surface area contributed by atoms with E-state index in [9.17, 15) is 0 Å². The van der Waals surface area contributed by atoms with E-state index in [-0.39, 0.29) is 21.7 Å². The Labute approximate surface area is 68.4 Å². The zero-order valence-electron chi connectivity index (χ0n) is 2.32. The molecule has 0 amide bonds. The van der Waals surface area contributed by atoms with Gasteiger partial charge in [0.05, 0.1) is 0 Å². The predicted octanol–water partition coefficient (Wildman–Crippen LogP) is -0.245. The van der Waals surface area contributed by atoms with E-state index in [0.29, 0.717) is 0 Å². The van der Waals surface area contributed by atoms with Gasteiger partial charge in [0.15, 0.2) is 0 Å². The molecule has 0 radical (unpaired) electrons. The molecule has 0 heterocycles. The molecule has 0 aromatic carbocycles. The van der Waals surface area contributed by atoms with E-state index >= 15 is 0 Å². The van der Waals surface area contributed by atoms with Gasteiger partial charge < -0.3 is 0 Å². The van der Waals surface area contributed by atoms with Gasteiger partial charge in [0, 0.05) is 21.7 Å². The average Bonchev–Trinajstić information content (AvgIpc) is 1.50. The molecule has 0 atom stereocenters. The molecule has 0 saturated carbocycles. The van der Waals surface area contributed by atoms with Gasteiger partial charge in [0.1, 0.15) is 0 Å². The minimum Gasteiger partial charge on any atom is 0 e. The van der Waals surface area contributed by atoms with E-state index in [4.69, 9.17) is 6.65 Å². The molecule has 0 N–H and O–H groups in total. The first-order valence-electron chi connectivity index (χ1n) is 0.408. The van der Waals surface area contributed by atoms with Gasteiger partial charge in [-0.15, -0.1) is 0 Å². The smallest absolute Gasteiger partial charge is 0 e. The van der Waals surface area contributed by atoms with Crippen LogP contribution in [0.1, 0.15) is 0 Å². The molecule has 5 heavy (non-hydrogen) atoms. The largest absolute Gasteiger partial charge is 0 e. The molecular weight excluding hydrogens is 176 g/mol. The summed E-state index contributed by atoms with van der Waals surface area (Å²) in [5.41, 5.74) is 0. The van der Waals surface area contributed by atoms with Crippen LogP contribution < -0.4 is 0 Å². The van der Waals surface area contributed by atoms with Gasteiger partial charge in [-0.1, -0.05) is 0 Å². The molecule has 0 bridgehead atoms. The van der Waals surface area contributed by atoms with Crippen LogP contribution in [-0.2, 0) is 69.2 Å². The Bertz CT molecular complexity index is 6.85. The predicted molar refractivity (Wildman–Crippen MR) is 1.37 cm³/mol. The second-order valence-electron chi connectivity index (χ2n) is 0. The van der Waals surface area contributed by atoms with Crippen molar-refractivity contribution in [3.05, 3.63) is 0 Å². The van der Waals surface area contributed by atoms with Gasteiger partial charge in [-0.2, -0.15) is 0 Å². The van der Waals surface area contributed by atoms with E-state index in [1.165, 1.54) is 0 Å². The van der Waals surface area contributed by atoms with Crippen molar-refractivity contribution in [2.45, 2.75) is 0 Å². The van der Waals surface area contributed by atoms with Gasteiger partial charge in [-0.05, 0) is 0 Å². The molecule has 0 aromatic rings. The Morgan fingerprint density at radius 3 is 0.800 bits per heavy atom. The molecule has 0 saturated heterocycles. The van der Waals surface area contributed by atoms with Crippen LogP contribution in [-0.4, -0.2) is 0 Å². The Kier molecular flexibility index (Phi) is 135. The van der Waals surface area contributed by atoms with Crippen LogP contribution >= 0.6 is 0 Å². The Morgan fingerprint density at radius 1 is 0.800 bits per heavy atom. The minimum absolute atomic E-state index is 0. The van der Waals surface area contributed by atoms with Gasteiger partial charge in [0.25, 0.3) is 0 Å². The summed E-state index contributed by atoms with van der Waals surface area (Å²) in [6.45, 7) is 0. The zero-order chi connectivity index (χ0) is 4.00. The van der Waals surface area contributed by atoms with Crippen molar-refractivity contribution in [3.63, 3.8) is 0 Å². The third kappa shape index (κ3) is 26.5. The van der Waals surface area contributed by atoms with Crippen molar-refractivity contribution in [3.8, 4) is 0 Å². The van der Waals surface area contributed by atoms with E-state index < -0.39 is 0 Å². The van der Waals surface area contributed by atoms with Crippen molar-refractivity contribution in [2.75, 3.05) is 0 Å². The molecular formula is O2Ti3. The topological polar surface area (TPSA) is 34.1 Å². The molecule has 0 spiro atoms. The van der Waals surface area contributed by atoms with Crippen molar-refractivity contribution in [2.24, 2.45) is 0 Å². The Hall–Kier alpha value is 1.74. The first-order valence-corrected chi connectivity index (χ1v) is 1.68. The Morgan fingerprint density at radius 2 is 0.800 bits per heavy atom. The van der Waals surface area contributed by atoms with E-state index in [2.05, 4.69) is 0 Å². The molecule has 0 unspecified atom stereocenters. The number of hydrogen-bond acceptors (Lipinski definition) is 2. The molecule has 24 valence electrons. The van der Waals surface area contributed by atoms with Gasteiger partial charge in [-0.3, -0.25) is 0 Å². The van der Waals surface area contributed by atoms with Gasteiger partial charge in [0.2, 0.25) is 0 Å². The molecule has 2 nitrogen and oxygen atoms in total. The second kappa shape index (κ2) is 42.5. The maximum absolute atomic E-state index is 8.25. The molecule has 0 fully saturated rings. The fourth-order valence-corrected chi connectivity index (χ4v) is 0. The van der Waals surface area contributed by atoms with E-state index in [1.807, 2.05) is 0 Å². The first-order chi connectivity index (χ1) is 2.00. The maximum Gasteiger partial charge on any atom is 0 e. The third-order valence-electron chi connectivity index (χ3n) is 0. The number of rotatable bonds is 0. The zero-order valence-corrected chi connectivity index (χ0v) is 7.00. The molecule has 0 aliphatic heterocycles. The summed E-state index contributed by atoms with van der Waals surface area (Å²) in [7, 11) is 0. The minimum atomic E-state index is 0. The quantitative estimate of drug-likeness (QED) is 0.476. The van der Waals surface area contributed by atoms with Crippen LogP contribution in [0.25, 0.3) is 0 Å². The van der Waals surface area contributed by atoms with Crippen molar-refractivity contribution in [1.82, 2.24) is 0 Å². The summed E-state index contributed by atoms with van der Waals surface area (Å²) < 4.78 is 16.5. The fourth-order valence-electron chi connectivity index (χ4n) is 0. The SMILES string of the molecule is [O]=[Ti].[O]=[Ti].[Ti]. The van der Waals surface area contributed by atoms with Gasteiger partial charge >= 0.3 is 47.5 Å². The van der Waals surface area contributed by atoms with Crippen LogP contribution in [0.4, 0.5) is 0 Å². The molecule has 0 aliphatic carbocycles. The van der Waals surface area contributed by atoms with Crippen molar-refractivity contribution in [1.29, 1.82) is 0 Å². The summed E-state index contributed by atoms with van der Waals surface area (Å²) in [5.74, 6) is 0. The number of hydrogen-bond donors (Lipinski definition) is 0. The average molecular weight is 176 g/mol. The standard InChI is InChI=1S/2O.3Ti. The van der Waals surface area contributed by atoms with Crippen LogP contribution in [0, 0.1) is 0 Å². The van der Waals surface area contributed by atoms with Crippen LogP contribution in [0.2, 0.25) is 0 Å². The monoisotopic (exact) mass is 176 g/mol. The van der Waals surface area contributed by atoms with E-state index in [0.717, 1.165) is 40.8 Å². The summed E-state index contributed by atoms with van der Waals surface area (Å²) >= 11 is 1.50. The van der Waals surface area contributed by atoms with Crippen molar-refractivity contribution >= 4 is 0 Å². The third-order valence-corrected chi connectivity index (χ3v) is 0. The summed E-state index contributed by atoms with van der Waals surface area (Å²) in [6.07, 6.45) is 0. The van der Waals surface area contributed by atoms with Crippen molar-refractivity contribution < 1.29 is 69.2 Å². The molecule has 0 aliphatic rings. The first kappa shape index (κ1) is 15.9. The van der Waals surface area contributed by atoms with Crippen LogP contribution in [0.3, 0.4) is 0 Å².